The summed E-state index contributed by atoms with van der Waals surface area (Å²) in [6, 6.07) is 9.96. The Labute approximate surface area is 229 Å². The van der Waals surface area contributed by atoms with Gasteiger partial charge >= 0.3 is 5.97 Å². The number of amides is 2. The van der Waals surface area contributed by atoms with Crippen LogP contribution in [-0.4, -0.2) is 44.1 Å². The van der Waals surface area contributed by atoms with Gasteiger partial charge in [-0.2, -0.15) is 5.10 Å². The lowest BCUT2D eigenvalue weighted by Gasteiger charge is -2.23. The Hall–Kier alpha value is -5.20. The predicted molar refractivity (Wildman–Crippen MR) is 136 cm³/mol. The van der Waals surface area contributed by atoms with Crippen LogP contribution in [0.15, 0.2) is 54.6 Å². The first-order chi connectivity index (χ1) is 19.5. The molecule has 0 saturated heterocycles. The van der Waals surface area contributed by atoms with E-state index in [9.17, 15) is 37.1 Å². The monoisotopic (exact) mass is 568 g/mol. The number of carbonyl (C=O) groups is 3. The molecule has 0 unspecified atom stereocenters. The van der Waals surface area contributed by atoms with E-state index in [1.165, 1.54) is 36.0 Å². The molecule has 0 aliphatic carbocycles. The Bertz CT molecular complexity index is 1720. The second kappa shape index (κ2) is 10.8. The van der Waals surface area contributed by atoms with Gasteiger partial charge in [-0.15, -0.1) is 0 Å². The lowest BCUT2D eigenvalue weighted by atomic mass is 10.0. The van der Waals surface area contributed by atoms with E-state index < -0.39 is 53.3 Å². The van der Waals surface area contributed by atoms with Crippen molar-refractivity contribution in [3.63, 3.8) is 0 Å². The number of hydrogen-bond acceptors (Lipinski definition) is 5. The van der Waals surface area contributed by atoms with Crippen LogP contribution in [0.4, 0.5) is 23.2 Å². The molecule has 41 heavy (non-hydrogen) atoms. The standard InChI is InChI=1S/C28H20F4N4O5/c1-35-26-17-9-20(31)21(32)10-23(17)41-13-18(26)25(34-35)27(38)36(11-14-3-2-4-16(29)7-14)12-24(37)33-22-8-15(28(39)40)5-6-19(22)30/h2-10H,11-13H2,1H3,(H,33,37)(H,39,40). The van der Waals surface area contributed by atoms with Crippen LogP contribution in [0.3, 0.4) is 0 Å². The molecule has 9 nitrogen and oxygen atoms in total. The quantitative estimate of drug-likeness (QED) is 0.317. The summed E-state index contributed by atoms with van der Waals surface area (Å²) in [5.41, 5.74) is 0.211. The zero-order valence-electron chi connectivity index (χ0n) is 21.3. The zero-order chi connectivity index (χ0) is 29.4. The molecule has 1 aromatic heterocycles. The van der Waals surface area contributed by atoms with E-state index in [2.05, 4.69) is 10.4 Å². The van der Waals surface area contributed by atoms with E-state index >= 15 is 0 Å². The van der Waals surface area contributed by atoms with Crippen molar-refractivity contribution in [1.82, 2.24) is 14.7 Å². The SMILES string of the molecule is Cn1nc(C(=O)N(CC(=O)Nc2cc(C(=O)O)ccc2F)Cc2cccc(F)c2)c2c1-c1cc(F)c(F)cc1OC2. The number of ether oxygens (including phenoxy) is 1. The number of aromatic carboxylic acids is 1. The van der Waals surface area contributed by atoms with Crippen LogP contribution in [-0.2, 0) is 25.0 Å². The number of aryl methyl sites for hydroxylation is 1. The number of anilines is 1. The molecular formula is C28H20F4N4O5. The fourth-order valence-electron chi connectivity index (χ4n) is 4.52. The van der Waals surface area contributed by atoms with Crippen LogP contribution >= 0.6 is 0 Å². The van der Waals surface area contributed by atoms with Crippen molar-refractivity contribution in [2.75, 3.05) is 11.9 Å². The Morgan fingerprint density at radius 2 is 1.78 bits per heavy atom. The zero-order valence-corrected chi connectivity index (χ0v) is 21.3. The molecule has 1 aliphatic rings. The highest BCUT2D eigenvalue weighted by molar-refractivity contribution is 6.01. The van der Waals surface area contributed by atoms with E-state index in [1.54, 1.807) is 0 Å². The normalized spacial score (nSPS) is 11.7. The minimum Gasteiger partial charge on any atom is -0.488 e. The number of carbonyl (C=O) groups excluding carboxylic acids is 2. The van der Waals surface area contributed by atoms with E-state index in [0.29, 0.717) is 11.3 Å². The second-order valence-electron chi connectivity index (χ2n) is 9.19. The maximum atomic E-state index is 14.3. The molecular weight excluding hydrogens is 548 g/mol. The molecule has 2 amide bonds. The lowest BCUT2D eigenvalue weighted by Crippen LogP contribution is -2.38. The highest BCUT2D eigenvalue weighted by atomic mass is 19.2. The molecule has 1 aliphatic heterocycles. The van der Waals surface area contributed by atoms with Crippen LogP contribution < -0.4 is 10.1 Å². The smallest absolute Gasteiger partial charge is 0.335 e. The molecule has 0 radical (unpaired) electrons. The van der Waals surface area contributed by atoms with Crippen molar-refractivity contribution in [2.45, 2.75) is 13.2 Å². The molecule has 0 bridgehead atoms. The first-order valence-corrected chi connectivity index (χ1v) is 12.1. The third-order valence-corrected chi connectivity index (χ3v) is 6.37. The molecule has 210 valence electrons. The summed E-state index contributed by atoms with van der Waals surface area (Å²) in [6.07, 6.45) is 0. The summed E-state index contributed by atoms with van der Waals surface area (Å²) >= 11 is 0. The van der Waals surface area contributed by atoms with Crippen LogP contribution in [0.1, 0.15) is 32.0 Å². The maximum absolute atomic E-state index is 14.3. The third-order valence-electron chi connectivity index (χ3n) is 6.37. The predicted octanol–water partition coefficient (Wildman–Crippen LogP) is 4.52. The van der Waals surface area contributed by atoms with Crippen molar-refractivity contribution in [1.29, 1.82) is 0 Å². The number of halogens is 4. The lowest BCUT2D eigenvalue weighted by molar-refractivity contribution is -0.117. The molecule has 13 heteroatoms. The average molecular weight is 568 g/mol. The van der Waals surface area contributed by atoms with Gasteiger partial charge in [-0.3, -0.25) is 14.3 Å². The number of benzene rings is 3. The van der Waals surface area contributed by atoms with Crippen molar-refractivity contribution >= 4 is 23.5 Å². The number of nitrogens with one attached hydrogen (secondary N) is 1. The van der Waals surface area contributed by atoms with Gasteiger partial charge in [0, 0.05) is 30.8 Å². The molecule has 4 aromatic rings. The average Bonchev–Trinajstić information content (AvgIpc) is 3.26. The van der Waals surface area contributed by atoms with E-state index in [0.717, 1.165) is 35.2 Å². The number of nitrogens with zero attached hydrogens (tertiary/aromatic N) is 3. The first kappa shape index (κ1) is 27.4. The second-order valence-corrected chi connectivity index (χ2v) is 9.19. The third kappa shape index (κ3) is 5.46. The summed E-state index contributed by atoms with van der Waals surface area (Å²) in [7, 11) is 1.49. The Kier molecular flexibility index (Phi) is 7.18. The number of aromatic nitrogens is 2. The Morgan fingerprint density at radius 1 is 1.02 bits per heavy atom. The molecule has 5 rings (SSSR count). The van der Waals surface area contributed by atoms with E-state index in [4.69, 9.17) is 4.74 Å². The van der Waals surface area contributed by atoms with Crippen LogP contribution in [0, 0.1) is 23.3 Å². The van der Waals surface area contributed by atoms with E-state index in [1.807, 2.05) is 0 Å². The molecule has 3 aromatic carbocycles. The molecule has 2 N–H and O–H groups in total. The Morgan fingerprint density at radius 3 is 2.51 bits per heavy atom. The van der Waals surface area contributed by atoms with Crippen molar-refractivity contribution in [2.24, 2.45) is 7.05 Å². The van der Waals surface area contributed by atoms with Gasteiger partial charge in [-0.1, -0.05) is 12.1 Å². The number of fused-ring (bicyclic) bond motifs is 3. The van der Waals surface area contributed by atoms with Gasteiger partial charge in [0.1, 0.15) is 30.5 Å². The van der Waals surface area contributed by atoms with Crippen molar-refractivity contribution in [3.05, 3.63) is 100 Å². The summed E-state index contributed by atoms with van der Waals surface area (Å²) < 4.78 is 62.9. The molecule has 0 spiro atoms. The number of hydrogen-bond donors (Lipinski definition) is 2. The molecule has 0 saturated carbocycles. The number of carboxylic acids is 1. The van der Waals surface area contributed by atoms with Gasteiger partial charge in [0.15, 0.2) is 17.3 Å². The van der Waals surface area contributed by atoms with Crippen molar-refractivity contribution < 1.29 is 41.8 Å². The minimum atomic E-state index is -1.34. The van der Waals surface area contributed by atoms with Crippen LogP contribution in [0.2, 0.25) is 0 Å². The van der Waals surface area contributed by atoms with Gasteiger partial charge in [0.2, 0.25) is 5.91 Å². The Balaban J connectivity index is 1.48. The highest BCUT2D eigenvalue weighted by Crippen LogP contribution is 2.40. The summed E-state index contributed by atoms with van der Waals surface area (Å²) in [4.78, 5) is 39.0. The maximum Gasteiger partial charge on any atom is 0.335 e. The number of rotatable bonds is 7. The number of carboxylic acid groups (broad SMARTS) is 1. The van der Waals surface area contributed by atoms with Crippen LogP contribution in [0.25, 0.3) is 11.3 Å². The fourth-order valence-corrected chi connectivity index (χ4v) is 4.52. The van der Waals surface area contributed by atoms with Gasteiger partial charge in [0.05, 0.1) is 16.9 Å². The topological polar surface area (TPSA) is 114 Å². The highest BCUT2D eigenvalue weighted by Gasteiger charge is 2.32. The fraction of sp³-hybridized carbons (Fsp3) is 0.143. The molecule has 0 atom stereocenters. The summed E-state index contributed by atoms with van der Waals surface area (Å²) in [5, 5.41) is 15.7. The van der Waals surface area contributed by atoms with Crippen molar-refractivity contribution in [3.8, 4) is 17.0 Å². The van der Waals surface area contributed by atoms with Gasteiger partial charge < -0.3 is 20.1 Å². The van der Waals surface area contributed by atoms with Crippen LogP contribution in [0.5, 0.6) is 5.75 Å². The van der Waals surface area contributed by atoms with Gasteiger partial charge in [-0.25, -0.2) is 22.4 Å². The van der Waals surface area contributed by atoms with Gasteiger partial charge in [0.25, 0.3) is 5.91 Å². The first-order valence-electron chi connectivity index (χ1n) is 12.1. The van der Waals surface area contributed by atoms with E-state index in [-0.39, 0.29) is 41.3 Å². The van der Waals surface area contributed by atoms with Gasteiger partial charge in [-0.05, 0) is 42.0 Å². The molecule has 2 heterocycles. The largest absolute Gasteiger partial charge is 0.488 e. The summed E-state index contributed by atoms with van der Waals surface area (Å²) in [5.74, 6) is -6.65. The molecule has 0 fully saturated rings. The summed E-state index contributed by atoms with van der Waals surface area (Å²) in [6.45, 7) is -1.13. The minimum absolute atomic E-state index is 0.0556.